The van der Waals surface area contributed by atoms with Crippen molar-refractivity contribution in [2.45, 2.75) is 90.0 Å². The molecule has 0 amide bonds. The molecule has 0 bridgehead atoms. The molecule has 1 aromatic carbocycles. The zero-order chi connectivity index (χ0) is 46.9. The van der Waals surface area contributed by atoms with Crippen LogP contribution < -0.4 is 5.73 Å². The summed E-state index contributed by atoms with van der Waals surface area (Å²) in [6.07, 6.45) is 14.6. The number of terminal acetylenes is 1. The Labute approximate surface area is 387 Å². The number of phenols is 1. The van der Waals surface area contributed by atoms with E-state index in [1.54, 1.807) is 12.1 Å². The lowest BCUT2D eigenvalue weighted by Crippen LogP contribution is -2.13. The average molecular weight is 923 g/mol. The zero-order valence-electron chi connectivity index (χ0n) is 38.5. The van der Waals surface area contributed by atoms with E-state index in [-0.39, 0.29) is 23.1 Å². The fourth-order valence-electron chi connectivity index (χ4n) is 6.78. The number of anilines is 1. The van der Waals surface area contributed by atoms with Crippen LogP contribution in [-0.2, 0) is 58.8 Å². The number of aromatic amines is 1. The number of aromatic nitrogens is 5. The first-order chi connectivity index (χ1) is 32.4. The van der Waals surface area contributed by atoms with Gasteiger partial charge in [0.1, 0.15) is 40.9 Å². The van der Waals surface area contributed by atoms with Crippen LogP contribution in [0.2, 0.25) is 0 Å². The van der Waals surface area contributed by atoms with Gasteiger partial charge in [-0.25, -0.2) is 14.6 Å². The van der Waals surface area contributed by atoms with Crippen LogP contribution in [0.3, 0.4) is 0 Å². The third kappa shape index (κ3) is 22.1. The molecule has 4 aromatic rings. The van der Waals surface area contributed by atoms with Gasteiger partial charge in [0.2, 0.25) is 0 Å². The van der Waals surface area contributed by atoms with Crippen molar-refractivity contribution >= 4 is 45.1 Å². The summed E-state index contributed by atoms with van der Waals surface area (Å²) in [7, 11) is 0. The first kappa shape index (κ1) is 53.8. The fraction of sp³-hybridized carbons (Fsp3) is 0.625. The molecule has 364 valence electrons. The van der Waals surface area contributed by atoms with Gasteiger partial charge in [0.15, 0.2) is 5.65 Å². The molecule has 0 aliphatic carbocycles. The van der Waals surface area contributed by atoms with Crippen molar-refractivity contribution in [3.8, 4) is 29.5 Å². The number of nitrogens with one attached hydrogen (secondary N) is 1. The van der Waals surface area contributed by atoms with Gasteiger partial charge < -0.3 is 53.7 Å². The number of ketones is 3. The van der Waals surface area contributed by atoms with Crippen LogP contribution in [0, 0.1) is 12.3 Å². The number of nitrogen functional groups attached to an aromatic ring is 1. The quantitative estimate of drug-likeness (QED) is 0.0352. The number of carbonyl (C=O) groups is 3. The van der Waals surface area contributed by atoms with Crippen molar-refractivity contribution in [2.24, 2.45) is 0 Å². The molecule has 0 saturated carbocycles. The molecular formula is C48H70N6O12. The Morgan fingerprint density at radius 2 is 1.11 bits per heavy atom. The van der Waals surface area contributed by atoms with E-state index < -0.39 is 0 Å². The molecule has 0 saturated heterocycles. The second-order valence-corrected chi connectivity index (χ2v) is 15.6. The van der Waals surface area contributed by atoms with Gasteiger partial charge in [-0.05, 0) is 56.4 Å². The molecule has 18 nitrogen and oxygen atoms in total. The summed E-state index contributed by atoms with van der Waals surface area (Å²) in [4.78, 5) is 48.1. The highest BCUT2D eigenvalue weighted by Gasteiger charge is 2.19. The van der Waals surface area contributed by atoms with Crippen LogP contribution >= 0.6 is 0 Å². The fourth-order valence-corrected chi connectivity index (χ4v) is 6.78. The predicted octanol–water partition coefficient (Wildman–Crippen LogP) is 5.81. The maximum atomic E-state index is 12.4. The number of fused-ring (bicyclic) bond motifs is 2. The molecule has 0 radical (unpaired) electrons. The van der Waals surface area contributed by atoms with Crippen molar-refractivity contribution in [3.63, 3.8) is 0 Å². The van der Waals surface area contributed by atoms with Gasteiger partial charge in [-0.3, -0.25) is 14.4 Å². The first-order valence-corrected chi connectivity index (χ1v) is 23.2. The van der Waals surface area contributed by atoms with Crippen LogP contribution in [0.15, 0.2) is 30.6 Å². The minimum absolute atomic E-state index is 0.138. The van der Waals surface area contributed by atoms with Crippen molar-refractivity contribution < 1.29 is 57.4 Å². The van der Waals surface area contributed by atoms with E-state index in [0.29, 0.717) is 193 Å². The molecule has 0 aliphatic rings. The summed E-state index contributed by atoms with van der Waals surface area (Å²) >= 11 is 0. The lowest BCUT2D eigenvalue weighted by atomic mass is 10.1. The largest absolute Gasteiger partial charge is 0.508 e. The number of hydrogen-bond donors (Lipinski definition) is 3. The molecule has 66 heavy (non-hydrogen) atoms. The average Bonchev–Trinajstić information content (AvgIpc) is 3.90. The molecule has 3 heterocycles. The number of benzene rings is 1. The summed E-state index contributed by atoms with van der Waals surface area (Å²) < 4.78 is 45.9. The Kier molecular flexibility index (Phi) is 27.4. The highest BCUT2D eigenvalue weighted by Crippen LogP contribution is 2.32. The summed E-state index contributed by atoms with van der Waals surface area (Å²) in [6.45, 7) is 7.65. The van der Waals surface area contributed by atoms with Gasteiger partial charge in [0.05, 0.1) is 104 Å². The highest BCUT2D eigenvalue weighted by molar-refractivity contribution is 6.00. The molecule has 4 rings (SSSR count). The second-order valence-electron chi connectivity index (χ2n) is 15.6. The number of rotatable bonds is 42. The van der Waals surface area contributed by atoms with E-state index >= 15 is 0 Å². The van der Waals surface area contributed by atoms with Crippen molar-refractivity contribution in [1.29, 1.82) is 0 Å². The van der Waals surface area contributed by atoms with Gasteiger partial charge in [-0.1, -0.05) is 6.42 Å². The van der Waals surface area contributed by atoms with E-state index in [1.165, 1.54) is 6.33 Å². The highest BCUT2D eigenvalue weighted by atomic mass is 16.6. The Morgan fingerprint density at radius 3 is 1.67 bits per heavy atom. The normalized spacial score (nSPS) is 11.5. The van der Waals surface area contributed by atoms with Crippen molar-refractivity contribution in [2.75, 3.05) is 111 Å². The molecular weight excluding hydrogens is 853 g/mol. The third-order valence-electron chi connectivity index (χ3n) is 10.3. The van der Waals surface area contributed by atoms with Crippen molar-refractivity contribution in [1.82, 2.24) is 24.7 Å². The molecule has 0 atom stereocenters. The van der Waals surface area contributed by atoms with Crippen LogP contribution in [0.1, 0.15) is 83.5 Å². The lowest BCUT2D eigenvalue weighted by Gasteiger charge is -2.08. The lowest BCUT2D eigenvalue weighted by molar-refractivity contribution is -0.121. The third-order valence-corrected chi connectivity index (χ3v) is 10.3. The Bertz CT molecular complexity index is 2030. The molecule has 4 N–H and O–H groups in total. The van der Waals surface area contributed by atoms with Crippen molar-refractivity contribution in [3.05, 3.63) is 30.6 Å². The Morgan fingerprint density at radius 1 is 0.606 bits per heavy atom. The standard InChI is InChI=1S/C48H70N6O12/c1-2-3-5-10-39(55)12-8-19-59-23-27-63-31-34-66-30-26-62-22-17-41(57)13-9-20-60-24-28-64-32-33-65-29-25-61-21-16-40(56)11-6-4-7-18-54-48-45(47(49)50-37-51-48)46(53-54)44-36-38-35-42(58)14-15-43(38)52-44/h1,14-15,35-37,52,58H,3-13,16-34H2,(H2,49,50,51). The maximum Gasteiger partial charge on any atom is 0.164 e. The molecule has 0 aliphatic heterocycles. The number of Topliss-reactive ketones (excluding diaryl/α,β-unsaturated/α-hetero) is 3. The molecule has 3 aromatic heterocycles. The number of nitrogens with two attached hydrogens (primary N) is 1. The topological polar surface area (TPSA) is 231 Å². The summed E-state index contributed by atoms with van der Waals surface area (Å²) in [5.41, 5.74) is 9.18. The number of hydrogen-bond acceptors (Lipinski definition) is 16. The molecule has 0 fully saturated rings. The zero-order valence-corrected chi connectivity index (χ0v) is 38.5. The molecule has 18 heteroatoms. The summed E-state index contributed by atoms with van der Waals surface area (Å²) in [5.74, 6) is 3.61. The van der Waals surface area contributed by atoms with Gasteiger partial charge in [0, 0.05) is 75.6 Å². The van der Waals surface area contributed by atoms with Crippen LogP contribution in [0.5, 0.6) is 5.75 Å². The van der Waals surface area contributed by atoms with Gasteiger partial charge in [0.25, 0.3) is 0 Å². The summed E-state index contributed by atoms with van der Waals surface area (Å²) in [5, 5.41) is 16.2. The molecule has 0 spiro atoms. The van der Waals surface area contributed by atoms with E-state index in [1.807, 2.05) is 16.8 Å². The minimum atomic E-state index is 0.138. The number of aryl methyl sites for hydroxylation is 1. The van der Waals surface area contributed by atoms with Crippen LogP contribution in [-0.4, -0.2) is 153 Å². The number of aromatic hydroxyl groups is 1. The van der Waals surface area contributed by atoms with E-state index in [0.717, 1.165) is 42.3 Å². The predicted molar refractivity (Wildman–Crippen MR) is 249 cm³/mol. The van der Waals surface area contributed by atoms with Crippen LogP contribution in [0.25, 0.3) is 33.3 Å². The number of H-pyrrole nitrogens is 1. The van der Waals surface area contributed by atoms with Crippen LogP contribution in [0.4, 0.5) is 5.82 Å². The summed E-state index contributed by atoms with van der Waals surface area (Å²) in [6, 6.07) is 7.05. The van der Waals surface area contributed by atoms with Gasteiger partial charge >= 0.3 is 0 Å². The smallest absolute Gasteiger partial charge is 0.164 e. The maximum absolute atomic E-state index is 12.4. The second kappa shape index (κ2) is 33.6. The number of ether oxygens (including phenoxy) is 8. The SMILES string of the molecule is C#CCCCC(=O)CCCOCCOCCOCCOCCC(=O)CCCOCCOCCOCCOCCC(=O)CCCCCn1nc(-c2cc3cc(O)ccc3[nH]2)c2c(N)ncnc21. The Hall–Kier alpha value is -4.84. The first-order valence-electron chi connectivity index (χ1n) is 23.2. The number of phenolic OH excluding ortho intramolecular Hbond substituents is 1. The van der Waals surface area contributed by atoms with E-state index in [4.69, 9.17) is 55.2 Å². The Balaban J connectivity index is 0.848. The molecule has 0 unspecified atom stereocenters. The number of nitrogens with zero attached hydrogens (tertiary/aromatic N) is 4. The minimum Gasteiger partial charge on any atom is -0.508 e. The van der Waals surface area contributed by atoms with Gasteiger partial charge in [-0.2, -0.15) is 5.10 Å². The van der Waals surface area contributed by atoms with E-state index in [2.05, 4.69) is 20.9 Å². The number of carbonyl (C=O) groups excluding carboxylic acids is 3. The monoisotopic (exact) mass is 923 g/mol. The van der Waals surface area contributed by atoms with E-state index in [9.17, 15) is 19.5 Å². The van der Waals surface area contributed by atoms with Gasteiger partial charge in [-0.15, -0.1) is 12.3 Å². The number of unbranched alkanes of at least 4 members (excludes halogenated alkanes) is 3.